The summed E-state index contributed by atoms with van der Waals surface area (Å²) in [6.45, 7) is 2.97. The molecule has 0 spiro atoms. The van der Waals surface area contributed by atoms with Crippen LogP contribution in [0.1, 0.15) is 24.0 Å². The highest BCUT2D eigenvalue weighted by Crippen LogP contribution is 2.32. The lowest BCUT2D eigenvalue weighted by Crippen LogP contribution is -2.25. The second-order valence-electron chi connectivity index (χ2n) is 6.78. The van der Waals surface area contributed by atoms with Crippen LogP contribution in [0, 0.1) is 6.92 Å². The van der Waals surface area contributed by atoms with E-state index in [2.05, 4.69) is 4.72 Å². The summed E-state index contributed by atoms with van der Waals surface area (Å²) in [4.78, 5) is 12.1. The van der Waals surface area contributed by atoms with Gasteiger partial charge in [-0.1, -0.05) is 11.6 Å². The lowest BCUT2D eigenvalue weighted by Gasteiger charge is -2.18. The van der Waals surface area contributed by atoms with Crippen molar-refractivity contribution in [1.29, 1.82) is 0 Å². The number of benzene rings is 2. The minimum atomic E-state index is -3.71. The van der Waals surface area contributed by atoms with E-state index in [1.807, 2.05) is 25.1 Å². The standard InChI is InChI=1S/C21H25NO7S/c1-15-5-7-18(26-2)16(12-15)14-29-21(23)4-3-9-22-30(24,25)17-6-8-19-20(13-17)28-11-10-27-19/h5-8,12-13,22H,3-4,9-11,14H2,1-2H3. The van der Waals surface area contributed by atoms with E-state index in [-0.39, 0.29) is 24.5 Å². The van der Waals surface area contributed by atoms with Gasteiger partial charge < -0.3 is 18.9 Å². The number of aryl methyl sites for hydroxylation is 1. The molecule has 1 aliphatic heterocycles. The SMILES string of the molecule is COc1ccc(C)cc1COC(=O)CCCNS(=O)(=O)c1ccc2c(c1)OCCO2. The second-order valence-corrected chi connectivity index (χ2v) is 8.55. The predicted molar refractivity (Wildman–Crippen MR) is 109 cm³/mol. The second kappa shape index (κ2) is 9.82. The van der Waals surface area contributed by atoms with Crippen LogP contribution in [0.3, 0.4) is 0 Å². The Balaban J connectivity index is 1.45. The van der Waals surface area contributed by atoms with Crippen molar-refractivity contribution in [2.75, 3.05) is 26.9 Å². The molecule has 0 atom stereocenters. The van der Waals surface area contributed by atoms with Crippen LogP contribution in [0.15, 0.2) is 41.3 Å². The maximum absolute atomic E-state index is 12.4. The molecule has 2 aromatic rings. The van der Waals surface area contributed by atoms with Gasteiger partial charge in [-0.25, -0.2) is 13.1 Å². The van der Waals surface area contributed by atoms with Gasteiger partial charge in [0.15, 0.2) is 11.5 Å². The molecule has 1 aliphatic rings. The lowest BCUT2D eigenvalue weighted by atomic mass is 10.1. The summed E-state index contributed by atoms with van der Waals surface area (Å²) in [5.74, 6) is 1.17. The molecule has 30 heavy (non-hydrogen) atoms. The Hall–Kier alpha value is -2.78. The van der Waals surface area contributed by atoms with Crippen LogP contribution < -0.4 is 18.9 Å². The Labute approximate surface area is 176 Å². The molecule has 0 radical (unpaired) electrons. The zero-order valence-electron chi connectivity index (χ0n) is 17.0. The zero-order chi connectivity index (χ0) is 21.6. The fraction of sp³-hybridized carbons (Fsp3) is 0.381. The number of fused-ring (bicyclic) bond motifs is 1. The zero-order valence-corrected chi connectivity index (χ0v) is 17.8. The molecule has 0 saturated carbocycles. The molecule has 1 N–H and O–H groups in total. The summed E-state index contributed by atoms with van der Waals surface area (Å²) in [6.07, 6.45) is 0.408. The van der Waals surface area contributed by atoms with Gasteiger partial charge in [0.1, 0.15) is 25.6 Å². The fourth-order valence-electron chi connectivity index (χ4n) is 2.96. The van der Waals surface area contributed by atoms with E-state index in [1.165, 1.54) is 12.1 Å². The van der Waals surface area contributed by atoms with E-state index < -0.39 is 16.0 Å². The largest absolute Gasteiger partial charge is 0.496 e. The van der Waals surface area contributed by atoms with Crippen LogP contribution >= 0.6 is 0 Å². The summed E-state index contributed by atoms with van der Waals surface area (Å²) < 4.78 is 48.7. The third-order valence-electron chi connectivity index (χ3n) is 4.50. The van der Waals surface area contributed by atoms with Gasteiger partial charge in [-0.15, -0.1) is 0 Å². The molecule has 0 bridgehead atoms. The number of hydrogen-bond acceptors (Lipinski definition) is 7. The first-order chi connectivity index (χ1) is 14.4. The molecule has 162 valence electrons. The number of esters is 1. The third-order valence-corrected chi connectivity index (χ3v) is 5.96. The van der Waals surface area contributed by atoms with Gasteiger partial charge in [-0.3, -0.25) is 4.79 Å². The first-order valence-electron chi connectivity index (χ1n) is 9.57. The van der Waals surface area contributed by atoms with Crippen LogP contribution in [0.4, 0.5) is 0 Å². The van der Waals surface area contributed by atoms with Crippen LogP contribution in [-0.4, -0.2) is 41.3 Å². The normalized spacial score (nSPS) is 13.0. The maximum atomic E-state index is 12.4. The maximum Gasteiger partial charge on any atom is 0.306 e. The molecule has 0 fully saturated rings. The summed E-state index contributed by atoms with van der Waals surface area (Å²) in [5.41, 5.74) is 1.82. The molecule has 0 amide bonds. The Morgan fingerprint density at radius 2 is 1.87 bits per heavy atom. The highest BCUT2D eigenvalue weighted by Gasteiger charge is 2.19. The minimum Gasteiger partial charge on any atom is -0.496 e. The first-order valence-corrected chi connectivity index (χ1v) is 11.1. The molecule has 8 nitrogen and oxygen atoms in total. The topological polar surface area (TPSA) is 100 Å². The molecule has 1 heterocycles. The van der Waals surface area contributed by atoms with Crippen molar-refractivity contribution in [3.8, 4) is 17.2 Å². The van der Waals surface area contributed by atoms with E-state index in [1.54, 1.807) is 13.2 Å². The van der Waals surface area contributed by atoms with Crippen molar-refractivity contribution in [1.82, 2.24) is 4.72 Å². The predicted octanol–water partition coefficient (Wildman–Crippen LogP) is 2.58. The van der Waals surface area contributed by atoms with E-state index in [9.17, 15) is 13.2 Å². The molecule has 0 aliphatic carbocycles. The number of rotatable bonds is 9. The van der Waals surface area contributed by atoms with Crippen molar-refractivity contribution in [2.45, 2.75) is 31.3 Å². The monoisotopic (exact) mass is 435 g/mol. The average Bonchev–Trinajstić information content (AvgIpc) is 2.75. The van der Waals surface area contributed by atoms with E-state index in [0.29, 0.717) is 36.9 Å². The van der Waals surface area contributed by atoms with Crippen LogP contribution in [0.25, 0.3) is 0 Å². The Bertz CT molecular complexity index is 1000. The Morgan fingerprint density at radius 3 is 2.63 bits per heavy atom. The van der Waals surface area contributed by atoms with E-state index in [4.69, 9.17) is 18.9 Å². The number of ether oxygens (including phenoxy) is 4. The molecule has 9 heteroatoms. The number of hydrogen-bond donors (Lipinski definition) is 1. The molecule has 0 saturated heterocycles. The molecular formula is C21H25NO7S. The molecular weight excluding hydrogens is 410 g/mol. The minimum absolute atomic E-state index is 0.0841. The van der Waals surface area contributed by atoms with E-state index >= 15 is 0 Å². The third kappa shape index (κ3) is 5.64. The number of sulfonamides is 1. The van der Waals surface area contributed by atoms with Crippen molar-refractivity contribution in [2.24, 2.45) is 0 Å². The van der Waals surface area contributed by atoms with Crippen molar-refractivity contribution >= 4 is 16.0 Å². The molecule has 0 unspecified atom stereocenters. The number of nitrogens with one attached hydrogen (secondary N) is 1. The average molecular weight is 435 g/mol. The van der Waals surface area contributed by atoms with Crippen molar-refractivity contribution in [3.63, 3.8) is 0 Å². The fourth-order valence-corrected chi connectivity index (χ4v) is 4.05. The highest BCUT2D eigenvalue weighted by molar-refractivity contribution is 7.89. The van der Waals surface area contributed by atoms with Crippen molar-refractivity contribution < 1.29 is 32.2 Å². The van der Waals surface area contributed by atoms with Crippen LogP contribution in [-0.2, 0) is 26.2 Å². The van der Waals surface area contributed by atoms with Gasteiger partial charge in [-0.05, 0) is 37.6 Å². The van der Waals surface area contributed by atoms with Crippen LogP contribution in [0.5, 0.6) is 17.2 Å². The van der Waals surface area contributed by atoms with Gasteiger partial charge in [0, 0.05) is 24.6 Å². The van der Waals surface area contributed by atoms with Gasteiger partial charge in [0.2, 0.25) is 10.0 Å². The summed E-state index contributed by atoms with van der Waals surface area (Å²) >= 11 is 0. The Morgan fingerprint density at radius 1 is 1.10 bits per heavy atom. The number of carbonyl (C=O) groups excluding carboxylic acids is 1. The first kappa shape index (κ1) is 21.9. The summed E-state index contributed by atoms with van der Waals surface area (Å²) in [6, 6.07) is 10.1. The summed E-state index contributed by atoms with van der Waals surface area (Å²) in [7, 11) is -2.16. The molecule has 2 aromatic carbocycles. The molecule has 0 aromatic heterocycles. The van der Waals surface area contributed by atoms with Gasteiger partial charge in [-0.2, -0.15) is 0 Å². The number of carbonyl (C=O) groups is 1. The summed E-state index contributed by atoms with van der Waals surface area (Å²) in [5, 5.41) is 0. The molecule has 3 rings (SSSR count). The van der Waals surface area contributed by atoms with E-state index in [0.717, 1.165) is 11.1 Å². The van der Waals surface area contributed by atoms with Crippen LogP contribution in [0.2, 0.25) is 0 Å². The quantitative estimate of drug-likeness (QED) is 0.477. The van der Waals surface area contributed by atoms with Gasteiger partial charge >= 0.3 is 5.97 Å². The number of methoxy groups -OCH3 is 1. The van der Waals surface area contributed by atoms with Crippen molar-refractivity contribution in [3.05, 3.63) is 47.5 Å². The lowest BCUT2D eigenvalue weighted by molar-refractivity contribution is -0.145. The van der Waals surface area contributed by atoms with Gasteiger partial charge in [0.05, 0.1) is 12.0 Å². The smallest absolute Gasteiger partial charge is 0.306 e. The van der Waals surface area contributed by atoms with Gasteiger partial charge in [0.25, 0.3) is 0 Å². The highest BCUT2D eigenvalue weighted by atomic mass is 32.2. The Kier molecular flexibility index (Phi) is 7.17.